The summed E-state index contributed by atoms with van der Waals surface area (Å²) >= 11 is 0. The van der Waals surface area contributed by atoms with Crippen LogP contribution in [0.3, 0.4) is 0 Å². The highest BCUT2D eigenvalue weighted by Crippen LogP contribution is 2.53. The molecule has 0 aliphatic rings. The standard InChI is InChI=1S/C12H20O5P2/c1-4-17-18(13,12-8-6-5-7-9-12)10-11-19(14,15-2)16-3/h5-9H,4,10-11H2,1-3H3. The monoisotopic (exact) mass is 306 g/mol. The van der Waals surface area contributed by atoms with Crippen LogP contribution in [0.2, 0.25) is 0 Å². The van der Waals surface area contributed by atoms with E-state index in [4.69, 9.17) is 13.6 Å². The maximum atomic E-state index is 12.8. The van der Waals surface area contributed by atoms with Gasteiger partial charge in [0.2, 0.25) is 7.37 Å². The lowest BCUT2D eigenvalue weighted by atomic mass is 10.4. The molecule has 0 saturated heterocycles. The third-order valence-corrected chi connectivity index (χ3v) is 7.52. The molecule has 0 amide bonds. The third kappa shape index (κ3) is 4.55. The SMILES string of the molecule is CCOP(=O)(CCP(=O)(OC)OC)c1ccccc1. The second-order valence-electron chi connectivity index (χ2n) is 3.85. The van der Waals surface area contributed by atoms with Gasteiger partial charge in [-0.3, -0.25) is 9.13 Å². The summed E-state index contributed by atoms with van der Waals surface area (Å²) in [5.74, 6) is 0. The van der Waals surface area contributed by atoms with E-state index < -0.39 is 15.0 Å². The van der Waals surface area contributed by atoms with Crippen LogP contribution in [0.15, 0.2) is 30.3 Å². The highest BCUT2D eigenvalue weighted by atomic mass is 31.2. The molecular weight excluding hydrogens is 286 g/mol. The fraction of sp³-hybridized carbons (Fsp3) is 0.500. The number of rotatable bonds is 8. The molecule has 0 aromatic heterocycles. The highest BCUT2D eigenvalue weighted by molar-refractivity contribution is 7.68. The Labute approximate surface area is 114 Å². The summed E-state index contributed by atoms with van der Waals surface area (Å²) in [7, 11) is -3.56. The molecule has 0 bridgehead atoms. The van der Waals surface area contributed by atoms with Crippen molar-refractivity contribution in [3.8, 4) is 0 Å². The molecule has 0 radical (unpaired) electrons. The molecule has 1 rings (SSSR count). The van der Waals surface area contributed by atoms with Gasteiger partial charge in [-0.25, -0.2) is 0 Å². The van der Waals surface area contributed by atoms with Crippen molar-refractivity contribution in [1.29, 1.82) is 0 Å². The average molecular weight is 306 g/mol. The van der Waals surface area contributed by atoms with Gasteiger partial charge >= 0.3 is 7.60 Å². The second kappa shape index (κ2) is 7.37. The van der Waals surface area contributed by atoms with Gasteiger partial charge in [0.1, 0.15) is 0 Å². The molecule has 0 N–H and O–H groups in total. The average Bonchev–Trinajstić information content (AvgIpc) is 2.46. The van der Waals surface area contributed by atoms with Crippen molar-refractivity contribution < 1.29 is 22.7 Å². The molecule has 1 aromatic rings. The summed E-state index contributed by atoms with van der Waals surface area (Å²) in [4.78, 5) is 0. The van der Waals surface area contributed by atoms with Gasteiger partial charge in [0.25, 0.3) is 0 Å². The first-order valence-electron chi connectivity index (χ1n) is 5.99. The zero-order chi connectivity index (χ0) is 14.4. The first-order chi connectivity index (χ1) is 8.99. The van der Waals surface area contributed by atoms with Crippen molar-refractivity contribution in [3.05, 3.63) is 30.3 Å². The van der Waals surface area contributed by atoms with Crippen LogP contribution in [0, 0.1) is 0 Å². The molecule has 108 valence electrons. The van der Waals surface area contributed by atoms with Crippen LogP contribution in [-0.4, -0.2) is 33.2 Å². The summed E-state index contributed by atoms with van der Waals surface area (Å²) in [6.45, 7) is 2.11. The lowest BCUT2D eigenvalue weighted by Crippen LogP contribution is -2.13. The van der Waals surface area contributed by atoms with Crippen LogP contribution in [-0.2, 0) is 22.7 Å². The Morgan fingerprint density at radius 2 is 1.58 bits per heavy atom. The normalized spacial score (nSPS) is 15.1. The number of hydrogen-bond acceptors (Lipinski definition) is 5. The molecule has 19 heavy (non-hydrogen) atoms. The van der Waals surface area contributed by atoms with Crippen molar-refractivity contribution in [2.75, 3.05) is 33.2 Å². The summed E-state index contributed by atoms with van der Waals surface area (Å²) in [5, 5.41) is 0.621. The number of benzene rings is 1. The zero-order valence-electron chi connectivity index (χ0n) is 11.4. The first kappa shape index (κ1) is 16.6. The lowest BCUT2D eigenvalue weighted by molar-refractivity contribution is 0.276. The summed E-state index contributed by atoms with van der Waals surface area (Å²) in [6.07, 6.45) is 0.190. The van der Waals surface area contributed by atoms with Crippen LogP contribution in [0.4, 0.5) is 0 Å². The largest absolute Gasteiger partial charge is 0.330 e. The van der Waals surface area contributed by atoms with Crippen LogP contribution < -0.4 is 5.30 Å². The smallest absolute Gasteiger partial charge is 0.326 e. The van der Waals surface area contributed by atoms with Crippen LogP contribution in [0.5, 0.6) is 0 Å². The Morgan fingerprint density at radius 3 is 2.05 bits per heavy atom. The van der Waals surface area contributed by atoms with E-state index in [2.05, 4.69) is 0 Å². The highest BCUT2D eigenvalue weighted by Gasteiger charge is 2.31. The lowest BCUT2D eigenvalue weighted by Gasteiger charge is -2.20. The van der Waals surface area contributed by atoms with Crippen molar-refractivity contribution in [1.82, 2.24) is 0 Å². The fourth-order valence-corrected chi connectivity index (χ4v) is 5.77. The van der Waals surface area contributed by atoms with E-state index in [1.807, 2.05) is 6.07 Å². The van der Waals surface area contributed by atoms with E-state index >= 15 is 0 Å². The predicted octanol–water partition coefficient (Wildman–Crippen LogP) is 3.11. The molecule has 0 aliphatic heterocycles. The van der Waals surface area contributed by atoms with E-state index in [1.54, 1.807) is 31.2 Å². The van der Waals surface area contributed by atoms with Gasteiger partial charge in [-0.15, -0.1) is 0 Å². The van der Waals surface area contributed by atoms with E-state index in [0.717, 1.165) is 0 Å². The topological polar surface area (TPSA) is 61.8 Å². The minimum Gasteiger partial charge on any atom is -0.326 e. The minimum absolute atomic E-state index is 0.0617. The van der Waals surface area contributed by atoms with E-state index in [9.17, 15) is 9.13 Å². The second-order valence-corrected chi connectivity index (χ2v) is 8.82. The molecule has 7 heteroatoms. The van der Waals surface area contributed by atoms with Crippen LogP contribution >= 0.6 is 15.0 Å². The summed E-state index contributed by atoms with van der Waals surface area (Å²) in [6, 6.07) is 8.94. The first-order valence-corrected chi connectivity index (χ1v) is 9.53. The molecule has 0 saturated carbocycles. The Balaban J connectivity index is 2.90. The van der Waals surface area contributed by atoms with Crippen LogP contribution in [0.1, 0.15) is 6.92 Å². The van der Waals surface area contributed by atoms with Gasteiger partial charge < -0.3 is 13.6 Å². The molecule has 5 nitrogen and oxygen atoms in total. The Kier molecular flexibility index (Phi) is 6.45. The van der Waals surface area contributed by atoms with Crippen molar-refractivity contribution in [2.24, 2.45) is 0 Å². The predicted molar refractivity (Wildman–Crippen MR) is 76.7 cm³/mol. The molecule has 0 aliphatic carbocycles. The molecule has 1 atom stereocenters. The molecular formula is C12H20O5P2. The maximum absolute atomic E-state index is 12.8. The Morgan fingerprint density at radius 1 is 1.00 bits per heavy atom. The van der Waals surface area contributed by atoms with Crippen molar-refractivity contribution >= 4 is 20.3 Å². The van der Waals surface area contributed by atoms with Crippen molar-refractivity contribution in [2.45, 2.75) is 6.92 Å². The van der Waals surface area contributed by atoms with E-state index in [1.165, 1.54) is 14.2 Å². The quantitative estimate of drug-likeness (QED) is 0.691. The summed E-state index contributed by atoms with van der Waals surface area (Å²) in [5.41, 5.74) is 0. The van der Waals surface area contributed by atoms with E-state index in [-0.39, 0.29) is 12.3 Å². The van der Waals surface area contributed by atoms with Gasteiger partial charge in [0, 0.05) is 25.7 Å². The molecule has 0 fully saturated rings. The van der Waals surface area contributed by atoms with Crippen molar-refractivity contribution in [3.63, 3.8) is 0 Å². The van der Waals surface area contributed by atoms with Gasteiger partial charge in [0.05, 0.1) is 12.8 Å². The number of hydrogen-bond donors (Lipinski definition) is 0. The Bertz CT molecular complexity index is 466. The maximum Gasteiger partial charge on any atom is 0.330 e. The van der Waals surface area contributed by atoms with Gasteiger partial charge in [-0.05, 0) is 19.1 Å². The minimum atomic E-state index is -3.17. The van der Waals surface area contributed by atoms with Gasteiger partial charge in [0.15, 0.2) is 0 Å². The van der Waals surface area contributed by atoms with Crippen LogP contribution in [0.25, 0.3) is 0 Å². The Hall–Kier alpha value is -0.440. The third-order valence-electron chi connectivity index (χ3n) is 2.71. The fourth-order valence-electron chi connectivity index (χ4n) is 1.64. The summed E-state index contributed by atoms with van der Waals surface area (Å²) < 4.78 is 40.0. The van der Waals surface area contributed by atoms with Gasteiger partial charge in [-0.1, -0.05) is 18.2 Å². The molecule has 0 spiro atoms. The zero-order valence-corrected chi connectivity index (χ0v) is 13.2. The molecule has 0 heterocycles. The molecule has 1 aromatic carbocycles. The van der Waals surface area contributed by atoms with Gasteiger partial charge in [-0.2, -0.15) is 0 Å². The van der Waals surface area contributed by atoms with E-state index in [0.29, 0.717) is 11.9 Å². The molecule has 1 unspecified atom stereocenters.